The van der Waals surface area contributed by atoms with E-state index in [4.69, 9.17) is 4.74 Å². The number of piperidine rings is 1. The number of rotatable bonds is 4. The van der Waals surface area contributed by atoms with Crippen molar-refractivity contribution in [3.8, 4) is 22.5 Å². The third-order valence-corrected chi connectivity index (χ3v) is 7.92. The molecule has 0 radical (unpaired) electrons. The van der Waals surface area contributed by atoms with Gasteiger partial charge in [-0.05, 0) is 83.9 Å². The van der Waals surface area contributed by atoms with E-state index in [1.165, 1.54) is 28.7 Å². The average molecular weight is 444 g/mol. The maximum absolute atomic E-state index is 12.7. The Bertz CT molecular complexity index is 1140. The number of likely N-dealkylation sites (tertiary alicyclic amines) is 1. The highest BCUT2D eigenvalue weighted by Crippen LogP contribution is 2.65. The smallest absolute Gasteiger partial charge is 0.251 e. The van der Waals surface area contributed by atoms with E-state index in [1.54, 1.807) is 0 Å². The Kier molecular flexibility index (Phi) is 5.02. The summed E-state index contributed by atoms with van der Waals surface area (Å²) >= 11 is 0. The molecule has 170 valence electrons. The minimum Gasteiger partial charge on any atom is -0.368 e. The van der Waals surface area contributed by atoms with Crippen LogP contribution in [0.5, 0.6) is 0 Å². The summed E-state index contributed by atoms with van der Waals surface area (Å²) < 4.78 is 5.61. The number of aromatic nitrogens is 4. The number of carbonyl (C=O) groups excluding carboxylic acids is 1. The van der Waals surface area contributed by atoms with E-state index >= 15 is 0 Å². The van der Waals surface area contributed by atoms with Crippen LogP contribution in [0, 0.1) is 12.3 Å². The summed E-state index contributed by atoms with van der Waals surface area (Å²) in [4.78, 5) is 14.7. The topological polar surface area (TPSA) is 84.0 Å². The Morgan fingerprint density at radius 3 is 2.58 bits per heavy atom. The summed E-state index contributed by atoms with van der Waals surface area (Å²) in [7, 11) is 0. The molecule has 1 aliphatic carbocycles. The Morgan fingerprint density at radius 2 is 1.91 bits per heavy atom. The fraction of sp³-hybridized carbons (Fsp3) is 0.462. The highest BCUT2D eigenvalue weighted by Gasteiger charge is 2.55. The van der Waals surface area contributed by atoms with E-state index in [9.17, 15) is 4.79 Å². The van der Waals surface area contributed by atoms with E-state index in [2.05, 4.69) is 63.9 Å². The number of nitrogens with one attached hydrogen (secondary N) is 1. The van der Waals surface area contributed by atoms with E-state index in [0.29, 0.717) is 17.2 Å². The van der Waals surface area contributed by atoms with Gasteiger partial charge in [0, 0.05) is 25.3 Å². The molecule has 3 aliphatic rings. The van der Waals surface area contributed by atoms with Crippen molar-refractivity contribution < 1.29 is 9.53 Å². The van der Waals surface area contributed by atoms with Gasteiger partial charge in [-0.1, -0.05) is 36.4 Å². The van der Waals surface area contributed by atoms with Crippen LogP contribution in [0.1, 0.15) is 49.1 Å². The molecule has 33 heavy (non-hydrogen) atoms. The minimum atomic E-state index is -0.189. The lowest BCUT2D eigenvalue weighted by atomic mass is 9.88. The normalized spacial score (nSPS) is 23.7. The van der Waals surface area contributed by atoms with E-state index in [0.717, 1.165) is 50.9 Å². The molecule has 2 atom stereocenters. The van der Waals surface area contributed by atoms with Crippen molar-refractivity contribution in [1.82, 2.24) is 25.5 Å². The number of nitrogens with zero attached hydrogens (tertiary/aromatic N) is 4. The third-order valence-electron chi connectivity index (χ3n) is 7.92. The number of benzene rings is 2. The lowest BCUT2D eigenvalue weighted by Crippen LogP contribution is -2.44. The van der Waals surface area contributed by atoms with Gasteiger partial charge in [0.1, 0.15) is 6.10 Å². The molecule has 7 nitrogen and oxygen atoms in total. The van der Waals surface area contributed by atoms with Crippen molar-refractivity contribution in [3.63, 3.8) is 0 Å². The van der Waals surface area contributed by atoms with Crippen LogP contribution in [0.4, 0.5) is 0 Å². The number of hydrogen-bond acceptors (Lipinski definition) is 5. The van der Waals surface area contributed by atoms with Gasteiger partial charge in [-0.2, -0.15) is 5.21 Å². The molecule has 1 saturated carbocycles. The van der Waals surface area contributed by atoms with Crippen LogP contribution in [0.2, 0.25) is 0 Å². The monoisotopic (exact) mass is 443 g/mol. The van der Waals surface area contributed by atoms with Gasteiger partial charge in [-0.3, -0.25) is 4.79 Å². The lowest BCUT2D eigenvalue weighted by Gasteiger charge is -2.34. The molecular formula is C26H29N5O2. The molecule has 1 unspecified atom stereocenters. The SMILES string of the molecule is Cc1cc(-c2nn[nH]n2)ccc1-c1ccc([C@@H]2CC23CCN(C(=O)C2CCCO2)CC3)cc1. The highest BCUT2D eigenvalue weighted by molar-refractivity contribution is 5.81. The summed E-state index contributed by atoms with van der Waals surface area (Å²) in [6.45, 7) is 4.60. The van der Waals surface area contributed by atoms with Crippen molar-refractivity contribution in [3.05, 3.63) is 53.6 Å². The third kappa shape index (κ3) is 3.74. The molecular weight excluding hydrogens is 414 g/mol. The molecule has 3 fully saturated rings. The number of tetrazole rings is 1. The Balaban J connectivity index is 1.11. The predicted molar refractivity (Wildman–Crippen MR) is 124 cm³/mol. The van der Waals surface area contributed by atoms with Gasteiger partial charge in [-0.15, -0.1) is 10.2 Å². The fourth-order valence-electron chi connectivity index (χ4n) is 5.83. The van der Waals surface area contributed by atoms with Crippen LogP contribution in [-0.4, -0.2) is 57.2 Å². The second-order valence-corrected chi connectivity index (χ2v) is 9.83. The highest BCUT2D eigenvalue weighted by atomic mass is 16.5. The average Bonchev–Trinajstić information content (AvgIpc) is 3.28. The van der Waals surface area contributed by atoms with Crippen LogP contribution in [-0.2, 0) is 9.53 Å². The van der Waals surface area contributed by atoms with Gasteiger partial charge >= 0.3 is 0 Å². The first-order valence-corrected chi connectivity index (χ1v) is 12.0. The number of ether oxygens (including phenoxy) is 1. The molecule has 1 amide bonds. The van der Waals surface area contributed by atoms with Crippen molar-refractivity contribution in [2.24, 2.45) is 5.41 Å². The second-order valence-electron chi connectivity index (χ2n) is 9.83. The molecule has 3 aromatic rings. The summed E-state index contributed by atoms with van der Waals surface area (Å²) in [5.41, 5.74) is 6.42. The van der Waals surface area contributed by atoms with Crippen LogP contribution < -0.4 is 0 Å². The number of aromatic amines is 1. The van der Waals surface area contributed by atoms with Crippen molar-refractivity contribution >= 4 is 5.91 Å². The van der Waals surface area contributed by atoms with Crippen LogP contribution in [0.3, 0.4) is 0 Å². The zero-order valence-electron chi connectivity index (χ0n) is 19.0. The quantitative estimate of drug-likeness (QED) is 0.656. The van der Waals surface area contributed by atoms with Gasteiger partial charge in [0.25, 0.3) is 5.91 Å². The van der Waals surface area contributed by atoms with Crippen LogP contribution >= 0.6 is 0 Å². The second kappa shape index (κ2) is 8.06. The maximum Gasteiger partial charge on any atom is 0.251 e. The molecule has 1 spiro atoms. The van der Waals surface area contributed by atoms with Gasteiger partial charge in [0.2, 0.25) is 5.82 Å². The molecule has 1 aromatic heterocycles. The molecule has 3 heterocycles. The predicted octanol–water partition coefficient (Wildman–Crippen LogP) is 4.12. The minimum absolute atomic E-state index is 0.189. The molecule has 7 heteroatoms. The van der Waals surface area contributed by atoms with E-state index in [-0.39, 0.29) is 12.0 Å². The molecule has 2 saturated heterocycles. The van der Waals surface area contributed by atoms with E-state index < -0.39 is 0 Å². The summed E-state index contributed by atoms with van der Waals surface area (Å²) in [5.74, 6) is 1.44. The van der Waals surface area contributed by atoms with Crippen molar-refractivity contribution in [2.45, 2.75) is 51.0 Å². The maximum atomic E-state index is 12.7. The number of amides is 1. The Morgan fingerprint density at radius 1 is 1.12 bits per heavy atom. The standard InChI is InChI=1S/C26H29N5O2/c1-17-15-20(24-27-29-30-28-24)8-9-21(17)18-4-6-19(7-5-18)22-16-26(22)10-12-31(13-11-26)25(32)23-3-2-14-33-23/h4-9,15,22-23H,2-3,10-14,16H2,1H3,(H,27,28,29,30)/t22-,23?/m0/s1. The largest absolute Gasteiger partial charge is 0.368 e. The Hall–Kier alpha value is -3.06. The number of aryl methyl sites for hydroxylation is 1. The lowest BCUT2D eigenvalue weighted by molar-refractivity contribution is -0.142. The van der Waals surface area contributed by atoms with Crippen LogP contribution in [0.25, 0.3) is 22.5 Å². The number of hydrogen-bond donors (Lipinski definition) is 1. The molecule has 2 aromatic carbocycles. The first-order valence-electron chi connectivity index (χ1n) is 12.0. The van der Waals surface area contributed by atoms with E-state index in [1.807, 2.05) is 11.0 Å². The zero-order valence-corrected chi connectivity index (χ0v) is 19.0. The Labute approximate surface area is 193 Å². The zero-order chi connectivity index (χ0) is 22.4. The fourth-order valence-corrected chi connectivity index (χ4v) is 5.83. The number of H-pyrrole nitrogens is 1. The molecule has 1 N–H and O–H groups in total. The first-order chi connectivity index (χ1) is 16.1. The summed E-state index contributed by atoms with van der Waals surface area (Å²) in [6, 6.07) is 15.4. The summed E-state index contributed by atoms with van der Waals surface area (Å²) in [6.07, 6.45) is 5.16. The van der Waals surface area contributed by atoms with Crippen molar-refractivity contribution in [1.29, 1.82) is 0 Å². The van der Waals surface area contributed by atoms with Crippen LogP contribution in [0.15, 0.2) is 42.5 Å². The molecule has 2 aliphatic heterocycles. The van der Waals surface area contributed by atoms with Gasteiger partial charge < -0.3 is 9.64 Å². The van der Waals surface area contributed by atoms with Gasteiger partial charge in [0.05, 0.1) is 0 Å². The summed E-state index contributed by atoms with van der Waals surface area (Å²) in [5, 5.41) is 14.3. The number of carbonyl (C=O) groups is 1. The van der Waals surface area contributed by atoms with Gasteiger partial charge in [0.15, 0.2) is 0 Å². The molecule has 6 rings (SSSR count). The first kappa shape index (κ1) is 20.5. The van der Waals surface area contributed by atoms with Crippen molar-refractivity contribution in [2.75, 3.05) is 19.7 Å². The molecule has 0 bridgehead atoms. The van der Waals surface area contributed by atoms with Gasteiger partial charge in [-0.25, -0.2) is 0 Å².